The molecule has 0 unspecified atom stereocenters. The number of ketones is 1. The second-order valence-corrected chi connectivity index (χ2v) is 9.37. The Bertz CT molecular complexity index is 1300. The first kappa shape index (κ1) is 21.0. The van der Waals surface area contributed by atoms with Gasteiger partial charge in [0.2, 0.25) is 5.78 Å². The third kappa shape index (κ3) is 4.03. The number of carboxylic acid groups (broad SMARTS) is 1. The van der Waals surface area contributed by atoms with Gasteiger partial charge in [-0.3, -0.25) is 9.78 Å². The number of aromatic carboxylic acids is 1. The average molecular weight is 477 g/mol. The summed E-state index contributed by atoms with van der Waals surface area (Å²) in [5.41, 5.74) is 4.06. The standard InChI is InChI=1S/C25H21BrN2O3/c1-25(2,3)17-7-4-15(5-8-17)16-6-11-21-22(19(24(30)31)14-28(21)13-16)23(29)20-10-9-18(26)12-27-20/h4-14H,1-3H3,(H,30,31). The Kier molecular flexibility index (Phi) is 5.27. The summed E-state index contributed by atoms with van der Waals surface area (Å²) in [7, 11) is 0. The quantitative estimate of drug-likeness (QED) is 0.367. The summed E-state index contributed by atoms with van der Waals surface area (Å²) in [5.74, 6) is -1.57. The van der Waals surface area contributed by atoms with Gasteiger partial charge in [0, 0.05) is 23.1 Å². The van der Waals surface area contributed by atoms with E-state index in [0.29, 0.717) is 5.52 Å². The zero-order valence-corrected chi connectivity index (χ0v) is 19.0. The number of hydrogen-bond acceptors (Lipinski definition) is 3. The minimum absolute atomic E-state index is 0.0463. The molecule has 0 aliphatic rings. The highest BCUT2D eigenvalue weighted by Gasteiger charge is 2.24. The van der Waals surface area contributed by atoms with Gasteiger partial charge in [0.25, 0.3) is 0 Å². The molecule has 3 heterocycles. The number of carboxylic acids is 1. The van der Waals surface area contributed by atoms with Crippen LogP contribution in [0, 0.1) is 0 Å². The molecule has 0 bridgehead atoms. The van der Waals surface area contributed by atoms with Crippen LogP contribution < -0.4 is 0 Å². The fourth-order valence-corrected chi connectivity index (χ4v) is 3.79. The van der Waals surface area contributed by atoms with Crippen molar-refractivity contribution in [1.82, 2.24) is 9.38 Å². The van der Waals surface area contributed by atoms with E-state index in [1.54, 1.807) is 22.6 Å². The summed E-state index contributed by atoms with van der Waals surface area (Å²) in [6.45, 7) is 6.50. The minimum Gasteiger partial charge on any atom is -0.478 e. The maximum absolute atomic E-state index is 13.1. The highest BCUT2D eigenvalue weighted by molar-refractivity contribution is 9.10. The number of rotatable bonds is 4. The molecule has 0 radical (unpaired) electrons. The van der Waals surface area contributed by atoms with E-state index < -0.39 is 11.8 Å². The Labute approximate surface area is 188 Å². The van der Waals surface area contributed by atoms with Crippen molar-refractivity contribution >= 4 is 33.2 Å². The molecule has 4 rings (SSSR count). The lowest BCUT2D eigenvalue weighted by atomic mass is 9.86. The maximum Gasteiger partial charge on any atom is 0.338 e. The topological polar surface area (TPSA) is 71.7 Å². The zero-order chi connectivity index (χ0) is 22.3. The van der Waals surface area contributed by atoms with E-state index in [1.165, 1.54) is 18.0 Å². The molecule has 0 saturated heterocycles. The fourth-order valence-electron chi connectivity index (χ4n) is 3.55. The molecule has 1 aromatic carbocycles. The molecule has 0 aliphatic heterocycles. The molecule has 156 valence electrons. The van der Waals surface area contributed by atoms with Gasteiger partial charge >= 0.3 is 5.97 Å². The average Bonchev–Trinajstić information content (AvgIpc) is 3.12. The van der Waals surface area contributed by atoms with Crippen molar-refractivity contribution in [2.45, 2.75) is 26.2 Å². The van der Waals surface area contributed by atoms with Crippen molar-refractivity contribution < 1.29 is 14.7 Å². The van der Waals surface area contributed by atoms with Crippen LogP contribution in [-0.4, -0.2) is 26.2 Å². The van der Waals surface area contributed by atoms with Gasteiger partial charge in [-0.2, -0.15) is 0 Å². The molecule has 31 heavy (non-hydrogen) atoms. The van der Waals surface area contributed by atoms with Gasteiger partial charge in [0.1, 0.15) is 5.69 Å². The Hall–Kier alpha value is -3.25. The van der Waals surface area contributed by atoms with Crippen molar-refractivity contribution in [2.75, 3.05) is 0 Å². The number of pyridine rings is 2. The molecule has 0 aliphatic carbocycles. The van der Waals surface area contributed by atoms with Crippen LogP contribution in [0.1, 0.15) is 52.7 Å². The fraction of sp³-hybridized carbons (Fsp3) is 0.160. The van der Waals surface area contributed by atoms with Gasteiger partial charge < -0.3 is 9.51 Å². The molecule has 0 amide bonds. The lowest BCUT2D eigenvalue weighted by Gasteiger charge is -2.19. The summed E-state index contributed by atoms with van der Waals surface area (Å²) in [5, 5.41) is 9.71. The molecule has 0 saturated carbocycles. The normalized spacial score (nSPS) is 11.6. The van der Waals surface area contributed by atoms with Crippen molar-refractivity contribution in [3.8, 4) is 11.1 Å². The molecule has 0 spiro atoms. The smallest absolute Gasteiger partial charge is 0.338 e. The number of carbonyl (C=O) groups excluding carboxylic acids is 1. The second-order valence-electron chi connectivity index (χ2n) is 8.45. The largest absolute Gasteiger partial charge is 0.478 e. The van der Waals surface area contributed by atoms with Crippen molar-refractivity contribution in [3.63, 3.8) is 0 Å². The maximum atomic E-state index is 13.1. The predicted octanol–water partition coefficient (Wildman–Crippen LogP) is 5.99. The van der Waals surface area contributed by atoms with Crippen molar-refractivity contribution in [1.29, 1.82) is 0 Å². The molecule has 6 heteroatoms. The highest BCUT2D eigenvalue weighted by Crippen LogP contribution is 2.29. The number of carbonyl (C=O) groups is 2. The van der Waals surface area contributed by atoms with E-state index in [4.69, 9.17) is 0 Å². The lowest BCUT2D eigenvalue weighted by molar-refractivity contribution is 0.0693. The Morgan fingerprint density at radius 1 is 0.935 bits per heavy atom. The minimum atomic E-state index is -1.15. The van der Waals surface area contributed by atoms with E-state index in [1.807, 2.05) is 12.3 Å². The first-order chi connectivity index (χ1) is 14.6. The molecule has 0 atom stereocenters. The Morgan fingerprint density at radius 2 is 1.61 bits per heavy atom. The van der Waals surface area contributed by atoms with E-state index >= 15 is 0 Å². The first-order valence-electron chi connectivity index (χ1n) is 9.80. The van der Waals surface area contributed by atoms with Gasteiger partial charge in [-0.25, -0.2) is 4.79 Å². The lowest BCUT2D eigenvalue weighted by Crippen LogP contribution is -2.10. The summed E-state index contributed by atoms with van der Waals surface area (Å²) >= 11 is 3.29. The predicted molar refractivity (Wildman–Crippen MR) is 124 cm³/mol. The summed E-state index contributed by atoms with van der Waals surface area (Å²) in [6, 6.07) is 15.3. The number of halogens is 1. The Morgan fingerprint density at radius 3 is 2.19 bits per heavy atom. The number of fused-ring (bicyclic) bond motifs is 1. The summed E-state index contributed by atoms with van der Waals surface area (Å²) in [4.78, 5) is 29.1. The number of nitrogens with zero attached hydrogens (tertiary/aromatic N) is 2. The summed E-state index contributed by atoms with van der Waals surface area (Å²) in [6.07, 6.45) is 4.85. The van der Waals surface area contributed by atoms with Crippen LogP contribution in [0.5, 0.6) is 0 Å². The number of aromatic nitrogens is 2. The molecular weight excluding hydrogens is 456 g/mol. The molecule has 5 nitrogen and oxygen atoms in total. The monoisotopic (exact) mass is 476 g/mol. The van der Waals surface area contributed by atoms with E-state index in [-0.39, 0.29) is 22.2 Å². The number of benzene rings is 1. The van der Waals surface area contributed by atoms with Gasteiger partial charge in [-0.1, -0.05) is 51.1 Å². The Balaban J connectivity index is 1.80. The van der Waals surface area contributed by atoms with Crippen molar-refractivity contribution in [2.24, 2.45) is 0 Å². The first-order valence-corrected chi connectivity index (χ1v) is 10.6. The van der Waals surface area contributed by atoms with Crippen molar-refractivity contribution in [3.05, 3.63) is 94.0 Å². The zero-order valence-electron chi connectivity index (χ0n) is 17.4. The van der Waals surface area contributed by atoms with E-state index in [0.717, 1.165) is 15.6 Å². The third-order valence-corrected chi connectivity index (χ3v) is 5.74. The van der Waals surface area contributed by atoms with Crippen LogP contribution >= 0.6 is 15.9 Å². The van der Waals surface area contributed by atoms with E-state index in [9.17, 15) is 14.7 Å². The van der Waals surface area contributed by atoms with Crippen LogP contribution in [0.2, 0.25) is 0 Å². The molecule has 4 aromatic rings. The van der Waals surface area contributed by atoms with Gasteiger partial charge in [0.15, 0.2) is 0 Å². The van der Waals surface area contributed by atoms with E-state index in [2.05, 4.69) is 66.0 Å². The molecule has 1 N–H and O–H groups in total. The second kappa shape index (κ2) is 7.78. The SMILES string of the molecule is CC(C)(C)c1ccc(-c2ccc3c(C(=O)c4ccc(Br)cn4)c(C(=O)O)cn3c2)cc1. The van der Waals surface area contributed by atoms with Crippen LogP contribution in [0.15, 0.2) is 71.6 Å². The highest BCUT2D eigenvalue weighted by atomic mass is 79.9. The summed E-state index contributed by atoms with van der Waals surface area (Å²) < 4.78 is 2.44. The van der Waals surface area contributed by atoms with Crippen LogP contribution in [0.4, 0.5) is 0 Å². The van der Waals surface area contributed by atoms with Crippen LogP contribution in [-0.2, 0) is 5.41 Å². The van der Waals surface area contributed by atoms with Crippen LogP contribution in [0.25, 0.3) is 16.6 Å². The molecule has 0 fully saturated rings. The molecule has 3 aromatic heterocycles. The van der Waals surface area contributed by atoms with Crippen LogP contribution in [0.3, 0.4) is 0 Å². The number of hydrogen-bond donors (Lipinski definition) is 1. The third-order valence-electron chi connectivity index (χ3n) is 5.27. The van der Waals surface area contributed by atoms with Gasteiger partial charge in [-0.05, 0) is 56.2 Å². The van der Waals surface area contributed by atoms with Gasteiger partial charge in [0.05, 0.1) is 16.6 Å². The van der Waals surface area contributed by atoms with Gasteiger partial charge in [-0.15, -0.1) is 0 Å². The molecular formula is C25H21BrN2O3.